The Labute approximate surface area is 77.9 Å². The maximum absolute atomic E-state index is 11.7. The molecule has 1 fully saturated rings. The summed E-state index contributed by atoms with van der Waals surface area (Å²) in [6.07, 6.45) is 1.23. The van der Waals surface area contributed by atoms with Crippen molar-refractivity contribution < 1.29 is 18.3 Å². The van der Waals surface area contributed by atoms with E-state index in [0.29, 0.717) is 6.42 Å². The van der Waals surface area contributed by atoms with Gasteiger partial charge in [-0.25, -0.2) is 8.42 Å². The van der Waals surface area contributed by atoms with E-state index in [4.69, 9.17) is 5.11 Å². The van der Waals surface area contributed by atoms with Crippen molar-refractivity contribution in [3.05, 3.63) is 0 Å². The van der Waals surface area contributed by atoms with Crippen LogP contribution in [0.25, 0.3) is 0 Å². The molecule has 0 amide bonds. The summed E-state index contributed by atoms with van der Waals surface area (Å²) in [6.45, 7) is 3.05. The predicted octanol–water partition coefficient (Wildman–Crippen LogP) is 0.817. The molecule has 0 aromatic heterocycles. The number of carboxylic acids is 1. The quantitative estimate of drug-likeness (QED) is 0.742. The molecule has 0 bridgehead atoms. The van der Waals surface area contributed by atoms with E-state index in [9.17, 15) is 13.2 Å². The molecule has 0 unspecified atom stereocenters. The van der Waals surface area contributed by atoms with E-state index in [0.717, 1.165) is 0 Å². The predicted molar refractivity (Wildman–Crippen MR) is 48.3 cm³/mol. The highest BCUT2D eigenvalue weighted by Crippen LogP contribution is 2.41. The molecule has 0 saturated heterocycles. The Morgan fingerprint density at radius 2 is 1.85 bits per heavy atom. The maximum atomic E-state index is 11.7. The van der Waals surface area contributed by atoms with Crippen LogP contribution in [0.4, 0.5) is 0 Å². The lowest BCUT2D eigenvalue weighted by atomic mass is 9.84. The summed E-state index contributed by atoms with van der Waals surface area (Å²) in [6, 6.07) is 0. The first-order chi connectivity index (χ1) is 5.84. The number of aliphatic carboxylic acids is 1. The lowest BCUT2D eigenvalue weighted by molar-refractivity contribution is -0.142. The Hall–Kier alpha value is -0.580. The van der Waals surface area contributed by atoms with Crippen LogP contribution >= 0.6 is 0 Å². The molecule has 1 saturated carbocycles. The van der Waals surface area contributed by atoms with Gasteiger partial charge in [0, 0.05) is 0 Å². The highest BCUT2D eigenvalue weighted by molar-refractivity contribution is 7.94. The zero-order valence-corrected chi connectivity index (χ0v) is 8.60. The van der Waals surface area contributed by atoms with Crippen molar-refractivity contribution in [1.82, 2.24) is 0 Å². The molecule has 0 atom stereocenters. The van der Waals surface area contributed by atoms with Crippen molar-refractivity contribution in [3.8, 4) is 0 Å². The first kappa shape index (κ1) is 10.5. The number of hydrogen-bond donors (Lipinski definition) is 1. The van der Waals surface area contributed by atoms with Gasteiger partial charge in [0.2, 0.25) is 0 Å². The molecule has 5 heteroatoms. The summed E-state index contributed by atoms with van der Waals surface area (Å²) in [5.74, 6) is -1.19. The highest BCUT2D eigenvalue weighted by atomic mass is 32.2. The third-order valence-corrected chi connectivity index (χ3v) is 5.63. The van der Waals surface area contributed by atoms with E-state index >= 15 is 0 Å². The third-order valence-electron chi connectivity index (χ3n) is 2.72. The van der Waals surface area contributed by atoms with E-state index in [1.54, 1.807) is 0 Å². The Balaban J connectivity index is 3.10. The molecule has 0 heterocycles. The van der Waals surface area contributed by atoms with Gasteiger partial charge in [-0.3, -0.25) is 4.79 Å². The van der Waals surface area contributed by atoms with Crippen LogP contribution in [0.5, 0.6) is 0 Å². The van der Waals surface area contributed by atoms with Crippen molar-refractivity contribution in [1.29, 1.82) is 0 Å². The molecule has 1 aliphatic carbocycles. The third kappa shape index (κ3) is 1.25. The number of carboxylic acid groups (broad SMARTS) is 1. The fourth-order valence-electron chi connectivity index (χ4n) is 1.57. The van der Waals surface area contributed by atoms with Crippen molar-refractivity contribution in [3.63, 3.8) is 0 Å². The van der Waals surface area contributed by atoms with Gasteiger partial charge in [0.25, 0.3) is 0 Å². The van der Waals surface area contributed by atoms with Crippen molar-refractivity contribution in [2.45, 2.75) is 43.1 Å². The summed E-state index contributed by atoms with van der Waals surface area (Å²) in [7, 11) is -3.50. The Morgan fingerprint density at radius 3 is 1.92 bits per heavy atom. The molecule has 1 N–H and O–H groups in total. The number of carbonyl (C=O) groups is 1. The smallest absolute Gasteiger partial charge is 0.325 e. The summed E-state index contributed by atoms with van der Waals surface area (Å²) in [4.78, 5) is 10.9. The molecule has 1 rings (SSSR count). The molecule has 1 aliphatic rings. The largest absolute Gasteiger partial charge is 0.480 e. The summed E-state index contributed by atoms with van der Waals surface area (Å²) in [5.41, 5.74) is 0. The Morgan fingerprint density at radius 1 is 1.38 bits per heavy atom. The van der Waals surface area contributed by atoms with E-state index in [1.165, 1.54) is 13.8 Å². The van der Waals surface area contributed by atoms with Crippen LogP contribution < -0.4 is 0 Å². The van der Waals surface area contributed by atoms with Crippen LogP contribution in [0.15, 0.2) is 0 Å². The van der Waals surface area contributed by atoms with E-state index < -0.39 is 25.8 Å². The van der Waals surface area contributed by atoms with Crippen LogP contribution in [0.1, 0.15) is 33.1 Å². The minimum atomic E-state index is -3.50. The molecule has 76 valence electrons. The lowest BCUT2D eigenvalue weighted by Gasteiger charge is -2.38. The average molecular weight is 206 g/mol. The van der Waals surface area contributed by atoms with Gasteiger partial charge in [-0.1, -0.05) is 0 Å². The SMILES string of the molecule is CC(C)S(=O)(=O)C1(C(=O)O)CCC1. The maximum Gasteiger partial charge on any atom is 0.325 e. The van der Waals surface area contributed by atoms with Crippen LogP contribution in [-0.2, 0) is 14.6 Å². The number of rotatable bonds is 3. The fraction of sp³-hybridized carbons (Fsp3) is 0.875. The van der Waals surface area contributed by atoms with E-state index in [1.807, 2.05) is 0 Å². The Bertz CT molecular complexity index is 311. The van der Waals surface area contributed by atoms with E-state index in [-0.39, 0.29) is 12.8 Å². The molecular weight excluding hydrogens is 192 g/mol. The zero-order chi connectivity index (χ0) is 10.3. The molecule has 4 nitrogen and oxygen atoms in total. The first-order valence-electron chi connectivity index (χ1n) is 4.31. The summed E-state index contributed by atoms with van der Waals surface area (Å²) < 4.78 is 21.9. The van der Waals surface area contributed by atoms with Gasteiger partial charge in [-0.2, -0.15) is 0 Å². The molecule has 0 aromatic rings. The average Bonchev–Trinajstić information content (AvgIpc) is 1.81. The van der Waals surface area contributed by atoms with Gasteiger partial charge in [0.05, 0.1) is 5.25 Å². The fourth-order valence-corrected chi connectivity index (χ4v) is 3.57. The van der Waals surface area contributed by atoms with Gasteiger partial charge in [0.15, 0.2) is 14.6 Å². The van der Waals surface area contributed by atoms with Crippen LogP contribution in [0, 0.1) is 0 Å². The van der Waals surface area contributed by atoms with Crippen molar-refractivity contribution in [2.75, 3.05) is 0 Å². The molecular formula is C8H14O4S. The van der Waals surface area contributed by atoms with Crippen LogP contribution in [0.2, 0.25) is 0 Å². The first-order valence-corrected chi connectivity index (χ1v) is 5.86. The number of hydrogen-bond acceptors (Lipinski definition) is 3. The van der Waals surface area contributed by atoms with Crippen LogP contribution in [0.3, 0.4) is 0 Å². The van der Waals surface area contributed by atoms with Crippen LogP contribution in [-0.4, -0.2) is 29.5 Å². The molecule has 0 aliphatic heterocycles. The standard InChI is InChI=1S/C8H14O4S/c1-6(2)13(11,12)8(7(9)10)4-3-5-8/h6H,3-5H2,1-2H3,(H,9,10). The van der Waals surface area contributed by atoms with Crippen molar-refractivity contribution >= 4 is 15.8 Å². The number of sulfone groups is 1. The monoisotopic (exact) mass is 206 g/mol. The molecule has 0 radical (unpaired) electrons. The van der Waals surface area contributed by atoms with Gasteiger partial charge in [-0.05, 0) is 33.1 Å². The minimum absolute atomic E-state index is 0.267. The zero-order valence-electron chi connectivity index (χ0n) is 7.78. The lowest BCUT2D eigenvalue weighted by Crippen LogP contribution is -2.54. The van der Waals surface area contributed by atoms with Gasteiger partial charge >= 0.3 is 5.97 Å². The Kier molecular flexibility index (Phi) is 2.40. The summed E-state index contributed by atoms with van der Waals surface area (Å²) in [5, 5.41) is 8.28. The second-order valence-electron chi connectivity index (χ2n) is 3.75. The van der Waals surface area contributed by atoms with Gasteiger partial charge in [-0.15, -0.1) is 0 Å². The highest BCUT2D eigenvalue weighted by Gasteiger charge is 2.56. The summed E-state index contributed by atoms with van der Waals surface area (Å²) >= 11 is 0. The molecule has 0 aromatic carbocycles. The van der Waals surface area contributed by atoms with E-state index in [2.05, 4.69) is 0 Å². The van der Waals surface area contributed by atoms with Crippen molar-refractivity contribution in [2.24, 2.45) is 0 Å². The molecule has 0 spiro atoms. The second-order valence-corrected chi connectivity index (χ2v) is 6.56. The van der Waals surface area contributed by atoms with Gasteiger partial charge < -0.3 is 5.11 Å². The molecule has 13 heavy (non-hydrogen) atoms. The second kappa shape index (κ2) is 2.97. The normalized spacial score (nSPS) is 21.2. The van der Waals surface area contributed by atoms with Gasteiger partial charge in [0.1, 0.15) is 0 Å². The minimum Gasteiger partial charge on any atom is -0.480 e. The topological polar surface area (TPSA) is 71.4 Å².